The van der Waals surface area contributed by atoms with Crippen molar-refractivity contribution in [1.82, 2.24) is 4.57 Å². The highest BCUT2D eigenvalue weighted by Crippen LogP contribution is 2.16. The Labute approximate surface area is 103 Å². The zero-order valence-electron chi connectivity index (χ0n) is 8.99. The fraction of sp³-hybridized carbons (Fsp3) is 0.417. The van der Waals surface area contributed by atoms with Crippen LogP contribution in [-0.4, -0.2) is 10.4 Å². The average Bonchev–Trinajstić information content (AvgIpc) is 2.76. The molecule has 2 aromatic rings. The van der Waals surface area contributed by atoms with Crippen LogP contribution in [0, 0.1) is 0 Å². The molecule has 0 aliphatic carbocycles. The van der Waals surface area contributed by atoms with Crippen LogP contribution in [0.15, 0.2) is 28.5 Å². The van der Waals surface area contributed by atoms with Crippen LogP contribution in [0.5, 0.6) is 0 Å². The van der Waals surface area contributed by atoms with Gasteiger partial charge < -0.3 is 4.57 Å². The lowest BCUT2D eigenvalue weighted by molar-refractivity contribution is 0.592. The first-order valence-corrected chi connectivity index (χ1v) is 6.87. The summed E-state index contributed by atoms with van der Waals surface area (Å²) in [6.45, 7) is 0.793. The van der Waals surface area contributed by atoms with Crippen molar-refractivity contribution in [2.75, 3.05) is 5.88 Å². The Morgan fingerprint density at radius 2 is 2.12 bits per heavy atom. The summed E-state index contributed by atoms with van der Waals surface area (Å²) >= 11 is 7.22. The molecule has 86 valence electrons. The van der Waals surface area contributed by atoms with Crippen LogP contribution >= 0.6 is 22.9 Å². The number of aromatic nitrogens is 1. The van der Waals surface area contributed by atoms with Crippen LogP contribution in [0.4, 0.5) is 0 Å². The number of unbranched alkanes of at least 4 members (excludes halogenated alkanes) is 2. The minimum Gasteiger partial charge on any atom is -0.315 e. The number of fused-ring (bicyclic) bond motifs is 1. The summed E-state index contributed by atoms with van der Waals surface area (Å²) in [7, 11) is 0. The molecule has 4 heteroatoms. The maximum Gasteiger partial charge on any atom is 0.259 e. The van der Waals surface area contributed by atoms with Gasteiger partial charge in [-0.25, -0.2) is 0 Å². The summed E-state index contributed by atoms with van der Waals surface area (Å²) in [5.41, 5.74) is 0.129. The Morgan fingerprint density at radius 1 is 1.25 bits per heavy atom. The van der Waals surface area contributed by atoms with Crippen molar-refractivity contribution in [2.45, 2.75) is 25.8 Å². The number of rotatable bonds is 5. The highest BCUT2D eigenvalue weighted by Gasteiger charge is 2.02. The maximum atomic E-state index is 12.0. The monoisotopic (exact) mass is 255 g/mol. The molecule has 2 rings (SSSR count). The summed E-state index contributed by atoms with van der Waals surface area (Å²) < 4.78 is 2.87. The van der Waals surface area contributed by atoms with Crippen molar-refractivity contribution in [3.05, 3.63) is 34.1 Å². The van der Waals surface area contributed by atoms with Crippen molar-refractivity contribution in [1.29, 1.82) is 0 Å². The molecule has 0 aliphatic heterocycles. The van der Waals surface area contributed by atoms with E-state index in [0.717, 1.165) is 35.9 Å². The van der Waals surface area contributed by atoms with E-state index in [4.69, 9.17) is 11.6 Å². The number of thiophene rings is 1. The molecule has 2 heterocycles. The molecule has 0 amide bonds. The van der Waals surface area contributed by atoms with E-state index in [2.05, 4.69) is 0 Å². The molecular weight excluding hydrogens is 242 g/mol. The summed E-state index contributed by atoms with van der Waals surface area (Å²) in [5, 5.41) is 2.80. The molecule has 0 spiro atoms. The van der Waals surface area contributed by atoms with Gasteiger partial charge in [-0.2, -0.15) is 0 Å². The zero-order chi connectivity index (χ0) is 11.4. The second-order valence-corrected chi connectivity index (χ2v) is 5.09. The number of aryl methyl sites for hydroxylation is 1. The maximum absolute atomic E-state index is 12.0. The lowest BCUT2D eigenvalue weighted by atomic mass is 10.2. The molecule has 0 radical (unpaired) electrons. The van der Waals surface area contributed by atoms with Gasteiger partial charge in [0.15, 0.2) is 0 Å². The molecule has 0 bridgehead atoms. The normalized spacial score (nSPS) is 11.1. The van der Waals surface area contributed by atoms with Gasteiger partial charge in [0, 0.05) is 23.3 Å². The first-order chi connectivity index (χ1) is 7.83. The van der Waals surface area contributed by atoms with Crippen molar-refractivity contribution in [3.8, 4) is 0 Å². The van der Waals surface area contributed by atoms with Gasteiger partial charge in [-0.1, -0.05) is 6.42 Å². The summed E-state index contributed by atoms with van der Waals surface area (Å²) in [5.74, 6) is 0.707. The van der Waals surface area contributed by atoms with Gasteiger partial charge in [0.1, 0.15) is 0 Å². The molecule has 0 N–H and O–H groups in total. The van der Waals surface area contributed by atoms with E-state index < -0.39 is 0 Å². The lowest BCUT2D eigenvalue weighted by Gasteiger charge is -2.04. The SMILES string of the molecule is O=c1c2ccsc2ccn1CCCCCCl. The first-order valence-electron chi connectivity index (χ1n) is 5.45. The topological polar surface area (TPSA) is 22.0 Å². The van der Waals surface area contributed by atoms with Gasteiger partial charge in [0.2, 0.25) is 0 Å². The molecule has 2 aromatic heterocycles. The molecule has 0 saturated carbocycles. The van der Waals surface area contributed by atoms with E-state index in [1.165, 1.54) is 0 Å². The van der Waals surface area contributed by atoms with E-state index in [9.17, 15) is 4.79 Å². The molecule has 0 unspecified atom stereocenters. The van der Waals surface area contributed by atoms with Crippen LogP contribution < -0.4 is 5.56 Å². The first kappa shape index (κ1) is 11.7. The summed E-state index contributed by atoms with van der Waals surface area (Å²) in [4.78, 5) is 12.0. The number of pyridine rings is 1. The molecular formula is C12H14ClNOS. The zero-order valence-corrected chi connectivity index (χ0v) is 10.6. The largest absolute Gasteiger partial charge is 0.315 e. The average molecular weight is 256 g/mol. The van der Waals surface area contributed by atoms with E-state index >= 15 is 0 Å². The Morgan fingerprint density at radius 3 is 2.94 bits per heavy atom. The standard InChI is InChI=1S/C12H14ClNOS/c13-6-2-1-3-7-14-8-4-11-10(12(14)15)5-9-16-11/h4-5,8-9H,1-3,6-7H2. The molecule has 0 saturated heterocycles. The summed E-state index contributed by atoms with van der Waals surface area (Å²) in [6, 6.07) is 3.92. The fourth-order valence-electron chi connectivity index (χ4n) is 1.74. The molecule has 0 fully saturated rings. The van der Waals surface area contributed by atoms with Crippen molar-refractivity contribution in [2.24, 2.45) is 0 Å². The quantitative estimate of drug-likeness (QED) is 0.592. The predicted molar refractivity (Wildman–Crippen MR) is 70.7 cm³/mol. The molecule has 0 aromatic carbocycles. The number of hydrogen-bond acceptors (Lipinski definition) is 2. The van der Waals surface area contributed by atoms with Gasteiger partial charge >= 0.3 is 0 Å². The van der Waals surface area contributed by atoms with Crippen LogP contribution in [0.1, 0.15) is 19.3 Å². The van der Waals surface area contributed by atoms with Gasteiger partial charge in [0.25, 0.3) is 5.56 Å². The van der Waals surface area contributed by atoms with Crippen LogP contribution in [0.3, 0.4) is 0 Å². The molecule has 2 nitrogen and oxygen atoms in total. The third kappa shape index (κ3) is 2.47. The van der Waals surface area contributed by atoms with Crippen LogP contribution in [0.25, 0.3) is 10.1 Å². The number of nitrogens with zero attached hydrogens (tertiary/aromatic N) is 1. The third-order valence-electron chi connectivity index (χ3n) is 2.62. The van der Waals surface area contributed by atoms with Gasteiger partial charge in [0.05, 0.1) is 5.39 Å². The van der Waals surface area contributed by atoms with Crippen molar-refractivity contribution < 1.29 is 0 Å². The lowest BCUT2D eigenvalue weighted by Crippen LogP contribution is -2.18. The smallest absolute Gasteiger partial charge is 0.259 e. The fourth-order valence-corrected chi connectivity index (χ4v) is 2.70. The minimum absolute atomic E-state index is 0.129. The van der Waals surface area contributed by atoms with Crippen LogP contribution in [-0.2, 0) is 6.54 Å². The molecule has 0 atom stereocenters. The Bertz CT molecular complexity index is 517. The van der Waals surface area contributed by atoms with Gasteiger partial charge in [-0.15, -0.1) is 22.9 Å². The number of hydrogen-bond donors (Lipinski definition) is 0. The number of halogens is 1. The van der Waals surface area contributed by atoms with E-state index in [1.807, 2.05) is 23.7 Å². The number of alkyl halides is 1. The van der Waals surface area contributed by atoms with E-state index in [0.29, 0.717) is 5.88 Å². The minimum atomic E-state index is 0.129. The van der Waals surface area contributed by atoms with Crippen LogP contribution in [0.2, 0.25) is 0 Å². The van der Waals surface area contributed by atoms with E-state index in [1.54, 1.807) is 15.9 Å². The third-order valence-corrected chi connectivity index (χ3v) is 3.77. The van der Waals surface area contributed by atoms with Gasteiger partial charge in [-0.05, 0) is 30.4 Å². The molecule has 0 aliphatic rings. The van der Waals surface area contributed by atoms with E-state index in [-0.39, 0.29) is 5.56 Å². The summed E-state index contributed by atoms with van der Waals surface area (Å²) in [6.07, 6.45) is 5.01. The van der Waals surface area contributed by atoms with Crippen molar-refractivity contribution >= 4 is 33.0 Å². The second kappa shape index (κ2) is 5.51. The Kier molecular flexibility index (Phi) is 4.02. The Hall–Kier alpha value is -0.800. The molecule has 16 heavy (non-hydrogen) atoms. The van der Waals surface area contributed by atoms with Gasteiger partial charge in [-0.3, -0.25) is 4.79 Å². The second-order valence-electron chi connectivity index (χ2n) is 3.76. The Balaban J connectivity index is 2.12. The predicted octanol–water partition coefficient (Wildman–Crippen LogP) is 3.47. The van der Waals surface area contributed by atoms with Crippen molar-refractivity contribution in [3.63, 3.8) is 0 Å². The highest BCUT2D eigenvalue weighted by atomic mass is 35.5. The highest BCUT2D eigenvalue weighted by molar-refractivity contribution is 7.17.